The summed E-state index contributed by atoms with van der Waals surface area (Å²) < 4.78 is 4.32. The smallest absolute Gasteiger partial charge is 0.375 e. The third kappa shape index (κ3) is 6.40. The van der Waals surface area contributed by atoms with Gasteiger partial charge in [-0.3, -0.25) is 14.4 Å². The van der Waals surface area contributed by atoms with Gasteiger partial charge in [0.1, 0.15) is 18.3 Å². The lowest BCUT2D eigenvalue weighted by Gasteiger charge is -2.25. The number of aliphatic hydroxyl groups is 4. The Labute approximate surface area is 118 Å². The molecule has 0 fully saturated rings. The van der Waals surface area contributed by atoms with Gasteiger partial charge < -0.3 is 30.3 Å². The SMILES string of the molecule is O=C[C@H](OC(=O)C(=O)CCC(=O)O)[C@@H](O)[C@H](O)[C@H](O)CO. The number of esters is 1. The predicted molar refractivity (Wildman–Crippen MR) is 62.9 cm³/mol. The van der Waals surface area contributed by atoms with Crippen molar-refractivity contribution in [1.82, 2.24) is 0 Å². The number of aliphatic hydroxyl groups excluding tert-OH is 4. The molecule has 0 saturated carbocycles. The Kier molecular flexibility index (Phi) is 8.31. The van der Waals surface area contributed by atoms with Crippen molar-refractivity contribution in [2.75, 3.05) is 6.61 Å². The molecule has 0 heterocycles. The first kappa shape index (κ1) is 19.1. The largest absolute Gasteiger partial charge is 0.481 e. The van der Waals surface area contributed by atoms with Crippen LogP contribution in [0.25, 0.3) is 0 Å². The van der Waals surface area contributed by atoms with Crippen LogP contribution in [0.4, 0.5) is 0 Å². The van der Waals surface area contributed by atoms with E-state index < -0.39 is 61.6 Å². The Morgan fingerprint density at radius 1 is 1.05 bits per heavy atom. The van der Waals surface area contributed by atoms with Crippen molar-refractivity contribution in [3.63, 3.8) is 0 Å². The summed E-state index contributed by atoms with van der Waals surface area (Å²) in [6.07, 6.45) is -9.16. The molecular weight excluding hydrogens is 292 g/mol. The maximum atomic E-state index is 11.3. The number of ketones is 1. The maximum Gasteiger partial charge on any atom is 0.375 e. The second kappa shape index (κ2) is 9.13. The Morgan fingerprint density at radius 3 is 2.05 bits per heavy atom. The average molecular weight is 308 g/mol. The van der Waals surface area contributed by atoms with E-state index in [0.717, 1.165) is 0 Å². The van der Waals surface area contributed by atoms with Crippen molar-refractivity contribution in [1.29, 1.82) is 0 Å². The van der Waals surface area contributed by atoms with Gasteiger partial charge >= 0.3 is 11.9 Å². The lowest BCUT2D eigenvalue weighted by atomic mass is 10.0. The Bertz CT molecular complexity index is 392. The van der Waals surface area contributed by atoms with Gasteiger partial charge in [0.05, 0.1) is 13.0 Å². The highest BCUT2D eigenvalue weighted by Crippen LogP contribution is 2.08. The molecule has 0 spiro atoms. The fraction of sp³-hybridized carbons (Fsp3) is 0.636. The van der Waals surface area contributed by atoms with Crippen LogP contribution in [0.3, 0.4) is 0 Å². The molecule has 10 nitrogen and oxygen atoms in total. The lowest BCUT2D eigenvalue weighted by Crippen LogP contribution is -2.48. The van der Waals surface area contributed by atoms with Crippen molar-refractivity contribution in [2.45, 2.75) is 37.3 Å². The second-order valence-electron chi connectivity index (χ2n) is 4.05. The summed E-state index contributed by atoms with van der Waals surface area (Å²) in [6.45, 7) is -0.921. The third-order valence-electron chi connectivity index (χ3n) is 2.44. The zero-order valence-electron chi connectivity index (χ0n) is 10.8. The quantitative estimate of drug-likeness (QED) is 0.155. The number of carboxylic acids is 1. The fourth-order valence-corrected chi connectivity index (χ4v) is 1.22. The van der Waals surface area contributed by atoms with Gasteiger partial charge in [-0.2, -0.15) is 0 Å². The first-order chi connectivity index (χ1) is 9.74. The molecule has 0 rings (SSSR count). The van der Waals surface area contributed by atoms with Crippen LogP contribution in [0.5, 0.6) is 0 Å². The minimum atomic E-state index is -2.07. The molecule has 21 heavy (non-hydrogen) atoms. The summed E-state index contributed by atoms with van der Waals surface area (Å²) in [5.74, 6) is -4.10. The Hall–Kier alpha value is -1.88. The summed E-state index contributed by atoms with van der Waals surface area (Å²) >= 11 is 0. The molecule has 0 saturated heterocycles. The van der Waals surface area contributed by atoms with Crippen LogP contribution in [0.15, 0.2) is 0 Å². The Morgan fingerprint density at radius 2 is 1.62 bits per heavy atom. The molecule has 0 aliphatic heterocycles. The molecule has 120 valence electrons. The minimum Gasteiger partial charge on any atom is -0.481 e. The van der Waals surface area contributed by atoms with Gasteiger partial charge in [0.2, 0.25) is 5.78 Å². The van der Waals surface area contributed by atoms with E-state index in [4.69, 9.17) is 15.3 Å². The molecule has 5 N–H and O–H groups in total. The monoisotopic (exact) mass is 308 g/mol. The van der Waals surface area contributed by atoms with Crippen LogP contribution in [0, 0.1) is 0 Å². The molecule has 0 aromatic heterocycles. The lowest BCUT2D eigenvalue weighted by molar-refractivity contribution is -0.171. The zero-order chi connectivity index (χ0) is 16.6. The van der Waals surface area contributed by atoms with E-state index in [1.54, 1.807) is 0 Å². The molecule has 0 aromatic rings. The van der Waals surface area contributed by atoms with Crippen molar-refractivity contribution in [2.24, 2.45) is 0 Å². The molecule has 0 unspecified atom stereocenters. The van der Waals surface area contributed by atoms with Crippen molar-refractivity contribution >= 4 is 24.0 Å². The number of rotatable bonds is 10. The molecular formula is C11H16O10. The van der Waals surface area contributed by atoms with Gasteiger partial charge in [-0.1, -0.05) is 0 Å². The number of hydrogen-bond acceptors (Lipinski definition) is 9. The van der Waals surface area contributed by atoms with E-state index in [1.165, 1.54) is 0 Å². The number of carbonyl (C=O) groups excluding carboxylic acids is 3. The van der Waals surface area contributed by atoms with E-state index in [9.17, 15) is 29.4 Å². The molecule has 0 bridgehead atoms. The van der Waals surface area contributed by atoms with Gasteiger partial charge in [-0.15, -0.1) is 0 Å². The summed E-state index contributed by atoms with van der Waals surface area (Å²) in [6, 6.07) is 0. The van der Waals surface area contributed by atoms with Crippen LogP contribution in [-0.4, -0.2) is 80.6 Å². The number of carbonyl (C=O) groups is 4. The topological polar surface area (TPSA) is 179 Å². The second-order valence-corrected chi connectivity index (χ2v) is 4.05. The minimum absolute atomic E-state index is 0.0830. The summed E-state index contributed by atoms with van der Waals surface area (Å²) in [5, 5.41) is 44.8. The maximum absolute atomic E-state index is 11.3. The first-order valence-corrected chi connectivity index (χ1v) is 5.80. The molecule has 0 radical (unpaired) electrons. The highest BCUT2D eigenvalue weighted by molar-refractivity contribution is 6.34. The molecule has 4 atom stereocenters. The normalized spacial score (nSPS) is 16.4. The molecule has 0 aliphatic rings. The number of ether oxygens (including phenoxy) is 1. The van der Waals surface area contributed by atoms with Crippen LogP contribution in [-0.2, 0) is 23.9 Å². The van der Waals surface area contributed by atoms with Gasteiger partial charge in [-0.25, -0.2) is 4.79 Å². The van der Waals surface area contributed by atoms with E-state index in [1.807, 2.05) is 0 Å². The standard InChI is InChI=1S/C11H16O10/c12-3-6(15)9(18)10(19)7(4-13)21-11(20)5(14)1-2-8(16)17/h4,6-7,9-10,12,15,18-19H,1-3H2,(H,16,17)/t6-,7+,9-,10-/m1/s1. The van der Waals surface area contributed by atoms with Crippen LogP contribution in [0.2, 0.25) is 0 Å². The van der Waals surface area contributed by atoms with Gasteiger partial charge in [-0.05, 0) is 0 Å². The van der Waals surface area contributed by atoms with Crippen molar-refractivity contribution < 1.29 is 49.4 Å². The van der Waals surface area contributed by atoms with E-state index in [-0.39, 0.29) is 6.29 Å². The highest BCUT2D eigenvalue weighted by Gasteiger charge is 2.34. The summed E-state index contributed by atoms with van der Waals surface area (Å²) in [7, 11) is 0. The van der Waals surface area contributed by atoms with E-state index >= 15 is 0 Å². The number of carboxylic acid groups (broad SMARTS) is 1. The summed E-state index contributed by atoms with van der Waals surface area (Å²) in [4.78, 5) is 43.4. The average Bonchev–Trinajstić information content (AvgIpc) is 2.47. The molecule has 0 aliphatic carbocycles. The van der Waals surface area contributed by atoms with Crippen LogP contribution in [0.1, 0.15) is 12.8 Å². The van der Waals surface area contributed by atoms with Crippen LogP contribution >= 0.6 is 0 Å². The number of hydrogen-bond donors (Lipinski definition) is 5. The number of aldehydes is 1. The third-order valence-corrected chi connectivity index (χ3v) is 2.44. The zero-order valence-corrected chi connectivity index (χ0v) is 10.8. The van der Waals surface area contributed by atoms with Gasteiger partial charge in [0, 0.05) is 6.42 Å². The van der Waals surface area contributed by atoms with E-state index in [2.05, 4.69) is 4.74 Å². The van der Waals surface area contributed by atoms with Gasteiger partial charge in [0.15, 0.2) is 12.4 Å². The van der Waals surface area contributed by atoms with E-state index in [0.29, 0.717) is 0 Å². The van der Waals surface area contributed by atoms with Crippen molar-refractivity contribution in [3.05, 3.63) is 0 Å². The highest BCUT2D eigenvalue weighted by atomic mass is 16.6. The van der Waals surface area contributed by atoms with Crippen LogP contribution < -0.4 is 0 Å². The number of aliphatic carboxylic acids is 1. The predicted octanol–water partition coefficient (Wildman–Crippen LogP) is -3.39. The Balaban J connectivity index is 4.61. The molecule has 0 amide bonds. The fourth-order valence-electron chi connectivity index (χ4n) is 1.22. The summed E-state index contributed by atoms with van der Waals surface area (Å²) in [5.41, 5.74) is 0. The molecule has 0 aromatic carbocycles. The van der Waals surface area contributed by atoms with Gasteiger partial charge in [0.25, 0.3) is 0 Å². The van der Waals surface area contributed by atoms with Crippen molar-refractivity contribution in [3.8, 4) is 0 Å². The molecule has 10 heteroatoms. The first-order valence-electron chi connectivity index (χ1n) is 5.80. The number of Topliss-reactive ketones (excluding diaryl/α,β-unsaturated/α-hetero) is 1.